The zero-order valence-corrected chi connectivity index (χ0v) is 16.7. The minimum absolute atomic E-state index is 0.159. The molecule has 0 bridgehead atoms. The number of nitrogens with zero attached hydrogens (tertiary/aromatic N) is 3. The van der Waals surface area contributed by atoms with Crippen LogP contribution in [0.25, 0.3) is 16.2 Å². The van der Waals surface area contributed by atoms with Crippen molar-refractivity contribution < 1.29 is 18.8 Å². The summed E-state index contributed by atoms with van der Waals surface area (Å²) in [5, 5.41) is 13.7. The third-order valence-corrected chi connectivity index (χ3v) is 5.70. The summed E-state index contributed by atoms with van der Waals surface area (Å²) in [6, 6.07) is 9.98. The number of methoxy groups -OCH3 is 1. The number of nitro groups is 1. The summed E-state index contributed by atoms with van der Waals surface area (Å²) in [5.74, 6) is -0.442. The van der Waals surface area contributed by atoms with Gasteiger partial charge < -0.3 is 10.1 Å². The number of amides is 1. The van der Waals surface area contributed by atoms with Crippen molar-refractivity contribution in [2.45, 2.75) is 6.92 Å². The number of hydrogen-bond acceptors (Lipinski definition) is 6. The molecule has 0 saturated carbocycles. The lowest BCUT2D eigenvalue weighted by Gasteiger charge is -2.09. The van der Waals surface area contributed by atoms with Crippen molar-refractivity contribution in [1.29, 1.82) is 0 Å². The van der Waals surface area contributed by atoms with Gasteiger partial charge in [0.05, 0.1) is 23.4 Å². The molecule has 0 unspecified atom stereocenters. The Labute approximate surface area is 173 Å². The number of benzene rings is 2. The topological polar surface area (TPSA) is 98.8 Å². The summed E-state index contributed by atoms with van der Waals surface area (Å²) in [7, 11) is 1.41. The van der Waals surface area contributed by atoms with Crippen LogP contribution in [0.3, 0.4) is 0 Å². The van der Waals surface area contributed by atoms with Crippen molar-refractivity contribution in [2.24, 2.45) is 0 Å². The largest absolute Gasteiger partial charge is 0.495 e. The summed E-state index contributed by atoms with van der Waals surface area (Å²) in [6.45, 7) is 1.78. The van der Waals surface area contributed by atoms with Gasteiger partial charge in [0.25, 0.3) is 11.6 Å². The molecule has 0 spiro atoms. The molecule has 0 radical (unpaired) electrons. The van der Waals surface area contributed by atoms with Crippen molar-refractivity contribution in [3.63, 3.8) is 0 Å². The number of thiazole rings is 1. The zero-order valence-electron chi connectivity index (χ0n) is 15.9. The molecule has 2 aromatic carbocycles. The molecule has 0 saturated heterocycles. The van der Waals surface area contributed by atoms with E-state index in [4.69, 9.17) is 4.74 Å². The maximum absolute atomic E-state index is 13.1. The van der Waals surface area contributed by atoms with Crippen LogP contribution in [-0.2, 0) is 0 Å². The van der Waals surface area contributed by atoms with Gasteiger partial charge in [0.2, 0.25) is 0 Å². The molecular weight excluding hydrogens is 411 g/mol. The van der Waals surface area contributed by atoms with Crippen LogP contribution in [0.1, 0.15) is 15.4 Å². The Morgan fingerprint density at radius 1 is 1.27 bits per heavy atom. The van der Waals surface area contributed by atoms with E-state index in [1.165, 1.54) is 48.8 Å². The van der Waals surface area contributed by atoms with Crippen molar-refractivity contribution >= 4 is 33.6 Å². The standard InChI is InChI=1S/C20H15FN4O4S/c1-11-18(19(26)22-15-9-14(25(27)28)7-8-17(15)29-2)30-20-23-16(10-24(11)20)12-3-5-13(21)6-4-12/h3-10H,1-2H3,(H,22,26). The number of hydrogen-bond donors (Lipinski definition) is 1. The molecule has 8 nitrogen and oxygen atoms in total. The van der Waals surface area contributed by atoms with E-state index < -0.39 is 10.8 Å². The van der Waals surface area contributed by atoms with E-state index in [0.717, 1.165) is 5.56 Å². The lowest BCUT2D eigenvalue weighted by Crippen LogP contribution is -2.13. The first kappa shape index (κ1) is 19.5. The number of non-ortho nitro benzene ring substituents is 1. The molecule has 10 heteroatoms. The van der Waals surface area contributed by atoms with Crippen LogP contribution in [0.5, 0.6) is 5.75 Å². The molecule has 0 atom stereocenters. The van der Waals surface area contributed by atoms with E-state index in [1.807, 2.05) is 0 Å². The molecule has 0 aliphatic rings. The summed E-state index contributed by atoms with van der Waals surface area (Å²) in [4.78, 5) is 28.9. The monoisotopic (exact) mass is 426 g/mol. The molecule has 2 aromatic heterocycles. The third-order valence-electron chi connectivity index (χ3n) is 4.55. The third kappa shape index (κ3) is 3.48. The number of ether oxygens (including phenoxy) is 1. The minimum Gasteiger partial charge on any atom is -0.495 e. The van der Waals surface area contributed by atoms with Gasteiger partial charge in [0.15, 0.2) is 4.96 Å². The second kappa shape index (κ2) is 7.56. The SMILES string of the molecule is COc1ccc([N+](=O)[O-])cc1NC(=O)c1sc2nc(-c3ccc(F)cc3)cn2c1C. The van der Waals surface area contributed by atoms with E-state index >= 15 is 0 Å². The van der Waals surface area contributed by atoms with Crippen molar-refractivity contribution in [2.75, 3.05) is 12.4 Å². The highest BCUT2D eigenvalue weighted by atomic mass is 32.1. The Bertz CT molecular complexity index is 1280. The summed E-state index contributed by atoms with van der Waals surface area (Å²) >= 11 is 1.18. The van der Waals surface area contributed by atoms with Gasteiger partial charge in [-0.1, -0.05) is 11.3 Å². The molecule has 30 heavy (non-hydrogen) atoms. The molecule has 0 aliphatic carbocycles. The fraction of sp³-hybridized carbons (Fsp3) is 0.100. The number of nitro benzene ring substituents is 1. The Hall–Kier alpha value is -3.79. The minimum atomic E-state index is -0.545. The van der Waals surface area contributed by atoms with Crippen LogP contribution in [0.2, 0.25) is 0 Å². The highest BCUT2D eigenvalue weighted by molar-refractivity contribution is 7.19. The summed E-state index contributed by atoms with van der Waals surface area (Å²) < 4.78 is 20.1. The van der Waals surface area contributed by atoms with Gasteiger partial charge >= 0.3 is 0 Å². The zero-order chi connectivity index (χ0) is 21.4. The molecule has 1 amide bonds. The lowest BCUT2D eigenvalue weighted by molar-refractivity contribution is -0.384. The van der Waals surface area contributed by atoms with Crippen molar-refractivity contribution in [1.82, 2.24) is 9.38 Å². The average molecular weight is 426 g/mol. The molecule has 4 aromatic rings. The maximum Gasteiger partial charge on any atom is 0.271 e. The molecule has 2 heterocycles. The van der Waals surface area contributed by atoms with Gasteiger partial charge in [0, 0.05) is 29.6 Å². The number of carbonyl (C=O) groups excluding carboxylic acids is 1. The number of aryl methyl sites for hydroxylation is 1. The molecule has 1 N–H and O–H groups in total. The number of fused-ring (bicyclic) bond motifs is 1. The maximum atomic E-state index is 13.1. The number of imidazole rings is 1. The van der Waals surface area contributed by atoms with E-state index in [2.05, 4.69) is 10.3 Å². The first-order valence-corrected chi connectivity index (χ1v) is 9.57. The van der Waals surface area contributed by atoms with Gasteiger partial charge in [-0.15, -0.1) is 0 Å². The second-order valence-electron chi connectivity index (χ2n) is 6.40. The fourth-order valence-electron chi connectivity index (χ4n) is 3.01. The second-order valence-corrected chi connectivity index (χ2v) is 7.38. The van der Waals surface area contributed by atoms with Gasteiger partial charge in [-0.25, -0.2) is 9.37 Å². The number of nitrogens with one attached hydrogen (secondary N) is 1. The van der Waals surface area contributed by atoms with Crippen LogP contribution in [0.15, 0.2) is 48.7 Å². The number of aromatic nitrogens is 2. The number of halogens is 1. The molecule has 0 aliphatic heterocycles. The average Bonchev–Trinajstić information content (AvgIpc) is 3.28. The molecule has 0 fully saturated rings. The first-order chi connectivity index (χ1) is 14.4. The molecule has 152 valence electrons. The normalized spacial score (nSPS) is 10.9. The summed E-state index contributed by atoms with van der Waals surface area (Å²) in [6.07, 6.45) is 1.78. The fourth-order valence-corrected chi connectivity index (χ4v) is 4.01. The van der Waals surface area contributed by atoms with Crippen LogP contribution in [0, 0.1) is 22.9 Å². The predicted molar refractivity (Wildman–Crippen MR) is 111 cm³/mol. The first-order valence-electron chi connectivity index (χ1n) is 8.75. The number of rotatable bonds is 5. The summed E-state index contributed by atoms with van der Waals surface area (Å²) in [5.41, 5.74) is 2.13. The quantitative estimate of drug-likeness (QED) is 0.369. The van der Waals surface area contributed by atoms with Gasteiger partial charge in [0.1, 0.15) is 16.4 Å². The van der Waals surface area contributed by atoms with Crippen molar-refractivity contribution in [3.8, 4) is 17.0 Å². The highest BCUT2D eigenvalue weighted by Gasteiger charge is 2.20. The smallest absolute Gasteiger partial charge is 0.271 e. The van der Waals surface area contributed by atoms with Crippen LogP contribution < -0.4 is 10.1 Å². The van der Waals surface area contributed by atoms with Crippen LogP contribution >= 0.6 is 11.3 Å². The van der Waals surface area contributed by atoms with E-state index in [-0.39, 0.29) is 17.2 Å². The van der Waals surface area contributed by atoms with E-state index in [9.17, 15) is 19.3 Å². The lowest BCUT2D eigenvalue weighted by atomic mass is 10.2. The van der Waals surface area contributed by atoms with Gasteiger partial charge in [-0.2, -0.15) is 0 Å². The van der Waals surface area contributed by atoms with Crippen LogP contribution in [-0.4, -0.2) is 27.3 Å². The van der Waals surface area contributed by atoms with Gasteiger partial charge in [-0.3, -0.25) is 19.3 Å². The predicted octanol–water partition coefficient (Wildman–Crippen LogP) is 4.68. The van der Waals surface area contributed by atoms with Gasteiger partial charge in [-0.05, 0) is 37.3 Å². The Kier molecular flexibility index (Phi) is 4.92. The Morgan fingerprint density at radius 2 is 2.00 bits per heavy atom. The van der Waals surface area contributed by atoms with E-state index in [1.54, 1.807) is 29.7 Å². The van der Waals surface area contributed by atoms with Crippen molar-refractivity contribution in [3.05, 3.63) is 75.2 Å². The Balaban J connectivity index is 1.65. The Morgan fingerprint density at radius 3 is 2.63 bits per heavy atom. The van der Waals surface area contributed by atoms with E-state index in [0.29, 0.717) is 27.0 Å². The number of carbonyl (C=O) groups is 1. The molecular formula is C20H15FN4O4S. The number of anilines is 1. The van der Waals surface area contributed by atoms with Crippen LogP contribution in [0.4, 0.5) is 15.8 Å². The highest BCUT2D eigenvalue weighted by Crippen LogP contribution is 2.31. The molecule has 4 rings (SSSR count).